The number of rotatable bonds is 1. The average molecular weight is 217 g/mol. The van der Waals surface area contributed by atoms with E-state index in [0.717, 1.165) is 18.7 Å². The van der Waals surface area contributed by atoms with Crippen molar-refractivity contribution in [3.8, 4) is 0 Å². The summed E-state index contributed by atoms with van der Waals surface area (Å²) >= 11 is 0. The van der Waals surface area contributed by atoms with Crippen molar-refractivity contribution in [3.63, 3.8) is 0 Å². The van der Waals surface area contributed by atoms with Crippen LogP contribution in [0.3, 0.4) is 0 Å². The molecule has 0 radical (unpaired) electrons. The largest absolute Gasteiger partial charge is 0.312 e. The smallest absolute Gasteiger partial charge is 0.226 e. The van der Waals surface area contributed by atoms with Gasteiger partial charge in [0.15, 0.2) is 0 Å². The third-order valence-corrected chi connectivity index (χ3v) is 3.49. The van der Waals surface area contributed by atoms with Gasteiger partial charge in [0.25, 0.3) is 0 Å². The van der Waals surface area contributed by atoms with Crippen molar-refractivity contribution in [1.29, 1.82) is 0 Å². The molecule has 0 fully saturated rings. The van der Waals surface area contributed by atoms with Crippen LogP contribution in [0, 0.1) is 0 Å². The topological polar surface area (TPSA) is 20.3 Å². The van der Waals surface area contributed by atoms with Crippen LogP contribution in [0.2, 0.25) is 0 Å². The summed E-state index contributed by atoms with van der Waals surface area (Å²) in [7, 11) is 0. The predicted molar refractivity (Wildman–Crippen MR) is 66.7 cm³/mol. The van der Waals surface area contributed by atoms with Gasteiger partial charge in [-0.05, 0) is 23.5 Å². The van der Waals surface area contributed by atoms with Crippen molar-refractivity contribution in [2.45, 2.75) is 39.0 Å². The van der Waals surface area contributed by atoms with E-state index >= 15 is 0 Å². The number of benzene rings is 1. The third kappa shape index (κ3) is 1.73. The first-order valence-corrected chi connectivity index (χ1v) is 5.96. The Bertz CT molecular complexity index is 409. The zero-order chi connectivity index (χ0) is 11.8. The Morgan fingerprint density at radius 3 is 2.75 bits per heavy atom. The molecule has 1 heterocycles. The number of anilines is 1. The summed E-state index contributed by atoms with van der Waals surface area (Å²) in [6, 6.07) is 8.27. The Morgan fingerprint density at radius 1 is 1.38 bits per heavy atom. The minimum Gasteiger partial charge on any atom is -0.312 e. The lowest BCUT2D eigenvalue weighted by molar-refractivity contribution is -0.118. The summed E-state index contributed by atoms with van der Waals surface area (Å²) in [6.45, 7) is 7.26. The third-order valence-electron chi connectivity index (χ3n) is 3.49. The summed E-state index contributed by atoms with van der Waals surface area (Å²) in [5.74, 6) is 0.225. The van der Waals surface area contributed by atoms with E-state index in [4.69, 9.17) is 0 Å². The van der Waals surface area contributed by atoms with Gasteiger partial charge in [0.2, 0.25) is 5.91 Å². The molecule has 0 aliphatic carbocycles. The summed E-state index contributed by atoms with van der Waals surface area (Å²) in [5, 5.41) is 0. The van der Waals surface area contributed by atoms with Gasteiger partial charge in [-0.25, -0.2) is 0 Å². The van der Waals surface area contributed by atoms with Gasteiger partial charge in [0.1, 0.15) is 0 Å². The lowest BCUT2D eigenvalue weighted by atomic mass is 9.77. The maximum absolute atomic E-state index is 11.9. The molecule has 0 aromatic heterocycles. The molecule has 2 heteroatoms. The minimum absolute atomic E-state index is 0.182. The molecule has 1 amide bonds. The molecule has 0 N–H and O–H groups in total. The first-order chi connectivity index (χ1) is 7.56. The first kappa shape index (κ1) is 11.2. The van der Waals surface area contributed by atoms with Crippen molar-refractivity contribution in [2.75, 3.05) is 11.4 Å². The van der Waals surface area contributed by atoms with Crippen LogP contribution in [-0.4, -0.2) is 12.5 Å². The fourth-order valence-electron chi connectivity index (χ4n) is 2.38. The molecule has 2 nitrogen and oxygen atoms in total. The highest BCUT2D eigenvalue weighted by Gasteiger charge is 2.32. The second-order valence-corrected chi connectivity index (χ2v) is 5.05. The molecule has 86 valence electrons. The first-order valence-electron chi connectivity index (χ1n) is 5.96. The van der Waals surface area contributed by atoms with Crippen molar-refractivity contribution < 1.29 is 4.79 Å². The van der Waals surface area contributed by atoms with Crippen LogP contribution in [0.25, 0.3) is 0 Å². The summed E-state index contributed by atoms with van der Waals surface area (Å²) in [6.07, 6.45) is 1.62. The van der Waals surface area contributed by atoms with Crippen LogP contribution in [0.4, 0.5) is 5.69 Å². The van der Waals surface area contributed by atoms with Gasteiger partial charge in [-0.3, -0.25) is 4.79 Å². The van der Waals surface area contributed by atoms with Gasteiger partial charge in [-0.2, -0.15) is 0 Å². The number of carbonyl (C=O) groups excluding carboxylic acids is 1. The molecule has 1 aromatic rings. The van der Waals surface area contributed by atoms with E-state index in [0.29, 0.717) is 6.42 Å². The molecule has 0 bridgehead atoms. The molecule has 0 saturated heterocycles. The van der Waals surface area contributed by atoms with Crippen LogP contribution in [0.15, 0.2) is 24.3 Å². The number of carbonyl (C=O) groups is 1. The lowest BCUT2D eigenvalue weighted by Crippen LogP contribution is -2.40. The van der Waals surface area contributed by atoms with E-state index in [9.17, 15) is 4.79 Å². The van der Waals surface area contributed by atoms with Crippen molar-refractivity contribution in [3.05, 3.63) is 29.8 Å². The Balaban J connectivity index is 2.47. The van der Waals surface area contributed by atoms with Crippen LogP contribution in [0.5, 0.6) is 0 Å². The Kier molecular flexibility index (Phi) is 2.75. The van der Waals surface area contributed by atoms with Crippen LogP contribution in [-0.2, 0) is 10.2 Å². The fourth-order valence-corrected chi connectivity index (χ4v) is 2.38. The highest BCUT2D eigenvalue weighted by atomic mass is 16.2. The van der Waals surface area contributed by atoms with Gasteiger partial charge in [-0.15, -0.1) is 0 Å². The van der Waals surface area contributed by atoms with Gasteiger partial charge in [-0.1, -0.05) is 39.0 Å². The van der Waals surface area contributed by atoms with Crippen molar-refractivity contribution in [2.24, 2.45) is 0 Å². The number of nitrogens with zero attached hydrogens (tertiary/aromatic N) is 1. The molecular weight excluding hydrogens is 198 g/mol. The summed E-state index contributed by atoms with van der Waals surface area (Å²) in [4.78, 5) is 13.8. The van der Waals surface area contributed by atoms with E-state index in [-0.39, 0.29) is 11.3 Å². The Labute approximate surface area is 97.3 Å². The SMILES string of the molecule is CCC(=O)N1CCC(C)(C)c2ccccc21. The number of hydrogen-bond acceptors (Lipinski definition) is 1. The monoisotopic (exact) mass is 217 g/mol. The average Bonchev–Trinajstić information content (AvgIpc) is 2.28. The van der Waals surface area contributed by atoms with E-state index in [1.807, 2.05) is 17.9 Å². The van der Waals surface area contributed by atoms with Gasteiger partial charge in [0.05, 0.1) is 0 Å². The number of fused-ring (bicyclic) bond motifs is 1. The number of hydrogen-bond donors (Lipinski definition) is 0. The summed E-state index contributed by atoms with van der Waals surface area (Å²) in [5.41, 5.74) is 2.58. The second kappa shape index (κ2) is 3.93. The highest BCUT2D eigenvalue weighted by Crippen LogP contribution is 2.39. The lowest BCUT2D eigenvalue weighted by Gasteiger charge is -2.39. The molecule has 1 aliphatic rings. The molecular formula is C14H19NO. The zero-order valence-corrected chi connectivity index (χ0v) is 10.3. The highest BCUT2D eigenvalue weighted by molar-refractivity contribution is 5.94. The van der Waals surface area contributed by atoms with E-state index in [1.54, 1.807) is 0 Å². The molecule has 0 saturated carbocycles. The molecule has 0 unspecified atom stereocenters. The maximum atomic E-state index is 11.9. The quantitative estimate of drug-likeness (QED) is 0.707. The van der Waals surface area contributed by atoms with Crippen LogP contribution < -0.4 is 4.90 Å². The normalized spacial score (nSPS) is 18.1. The van der Waals surface area contributed by atoms with Crippen LogP contribution in [0.1, 0.15) is 39.2 Å². The van der Waals surface area contributed by atoms with E-state index in [2.05, 4.69) is 32.0 Å². The predicted octanol–water partition coefficient (Wildman–Crippen LogP) is 3.11. The molecule has 2 rings (SSSR count). The maximum Gasteiger partial charge on any atom is 0.226 e. The van der Waals surface area contributed by atoms with Crippen molar-refractivity contribution >= 4 is 11.6 Å². The van der Waals surface area contributed by atoms with Gasteiger partial charge >= 0.3 is 0 Å². The summed E-state index contributed by atoms with van der Waals surface area (Å²) < 4.78 is 0. The molecule has 0 atom stereocenters. The van der Waals surface area contributed by atoms with Gasteiger partial charge < -0.3 is 4.90 Å². The van der Waals surface area contributed by atoms with E-state index in [1.165, 1.54) is 5.56 Å². The molecule has 0 spiro atoms. The zero-order valence-electron chi connectivity index (χ0n) is 10.3. The van der Waals surface area contributed by atoms with Crippen molar-refractivity contribution in [1.82, 2.24) is 0 Å². The Morgan fingerprint density at radius 2 is 2.06 bits per heavy atom. The van der Waals surface area contributed by atoms with E-state index < -0.39 is 0 Å². The molecule has 1 aromatic carbocycles. The molecule has 16 heavy (non-hydrogen) atoms. The number of amides is 1. The Hall–Kier alpha value is -1.31. The standard InChI is InChI=1S/C14H19NO/c1-4-13(16)15-10-9-14(2,3)11-7-5-6-8-12(11)15/h5-8H,4,9-10H2,1-3H3. The minimum atomic E-state index is 0.182. The fraction of sp³-hybridized carbons (Fsp3) is 0.500. The number of para-hydroxylation sites is 1. The van der Waals surface area contributed by atoms with Crippen LogP contribution >= 0.6 is 0 Å². The second-order valence-electron chi connectivity index (χ2n) is 5.05. The van der Waals surface area contributed by atoms with Gasteiger partial charge in [0, 0.05) is 18.7 Å². The molecule has 1 aliphatic heterocycles.